The summed E-state index contributed by atoms with van der Waals surface area (Å²) >= 11 is 0. The van der Waals surface area contributed by atoms with Crippen LogP contribution in [0.15, 0.2) is 42.5 Å². The Labute approximate surface area is 120 Å². The molecule has 1 unspecified atom stereocenters. The van der Waals surface area contributed by atoms with Gasteiger partial charge in [-0.3, -0.25) is 0 Å². The molecule has 1 nitrogen and oxygen atoms in total. The van der Waals surface area contributed by atoms with Crippen molar-refractivity contribution in [1.82, 2.24) is 5.32 Å². The zero-order valence-electron chi connectivity index (χ0n) is 12.6. The molecule has 0 aliphatic carbocycles. The first-order valence-electron chi connectivity index (χ1n) is 7.06. The molecular formula is C18H22FN. The van der Waals surface area contributed by atoms with Gasteiger partial charge in [0.15, 0.2) is 0 Å². The number of aryl methyl sites for hydroxylation is 1. The molecule has 2 heteroatoms. The van der Waals surface area contributed by atoms with Gasteiger partial charge in [-0.05, 0) is 42.6 Å². The van der Waals surface area contributed by atoms with E-state index < -0.39 is 0 Å². The quantitative estimate of drug-likeness (QED) is 0.859. The SMILES string of the molecule is CNC(c1ccc(C(C)C)cc1)c1ccc(C)cc1F. The summed E-state index contributed by atoms with van der Waals surface area (Å²) in [5.41, 5.74) is 4.01. The van der Waals surface area contributed by atoms with Crippen LogP contribution in [0, 0.1) is 12.7 Å². The second kappa shape index (κ2) is 6.19. The van der Waals surface area contributed by atoms with Crippen LogP contribution in [-0.4, -0.2) is 7.05 Å². The standard InChI is InChI=1S/C18H22FN/c1-12(2)14-6-8-15(9-7-14)18(20-4)16-10-5-13(3)11-17(16)19/h5-12,18,20H,1-4H3. The maximum Gasteiger partial charge on any atom is 0.128 e. The molecule has 20 heavy (non-hydrogen) atoms. The number of hydrogen-bond acceptors (Lipinski definition) is 1. The van der Waals surface area contributed by atoms with Gasteiger partial charge in [0.2, 0.25) is 0 Å². The average Bonchev–Trinajstić information content (AvgIpc) is 2.42. The Morgan fingerprint density at radius 1 is 0.950 bits per heavy atom. The molecule has 2 aromatic rings. The third kappa shape index (κ3) is 3.07. The number of nitrogens with one attached hydrogen (secondary N) is 1. The van der Waals surface area contributed by atoms with Crippen molar-refractivity contribution in [3.63, 3.8) is 0 Å². The van der Waals surface area contributed by atoms with Crippen LogP contribution in [0.5, 0.6) is 0 Å². The highest BCUT2D eigenvalue weighted by Crippen LogP contribution is 2.26. The summed E-state index contributed by atoms with van der Waals surface area (Å²) in [5.74, 6) is 0.352. The van der Waals surface area contributed by atoms with Crippen molar-refractivity contribution in [2.45, 2.75) is 32.7 Å². The van der Waals surface area contributed by atoms with Crippen LogP contribution < -0.4 is 5.32 Å². The summed E-state index contributed by atoms with van der Waals surface area (Å²) in [7, 11) is 1.86. The molecular weight excluding hydrogens is 249 g/mol. The van der Waals surface area contributed by atoms with Crippen LogP contribution >= 0.6 is 0 Å². The van der Waals surface area contributed by atoms with E-state index in [0.717, 1.165) is 11.1 Å². The van der Waals surface area contributed by atoms with Crippen LogP contribution in [-0.2, 0) is 0 Å². The minimum absolute atomic E-state index is 0.114. The first-order valence-corrected chi connectivity index (χ1v) is 7.06. The van der Waals surface area contributed by atoms with E-state index in [0.29, 0.717) is 11.5 Å². The lowest BCUT2D eigenvalue weighted by Gasteiger charge is -2.19. The summed E-state index contributed by atoms with van der Waals surface area (Å²) in [6.45, 7) is 6.24. The smallest absolute Gasteiger partial charge is 0.128 e. The van der Waals surface area contributed by atoms with E-state index in [9.17, 15) is 4.39 Å². The van der Waals surface area contributed by atoms with Crippen LogP contribution in [0.4, 0.5) is 4.39 Å². The highest BCUT2D eigenvalue weighted by molar-refractivity contribution is 5.36. The molecule has 0 fully saturated rings. The second-order valence-corrected chi connectivity index (χ2v) is 5.57. The molecule has 0 aromatic heterocycles. The van der Waals surface area contributed by atoms with E-state index in [1.807, 2.05) is 26.1 Å². The maximum absolute atomic E-state index is 14.1. The van der Waals surface area contributed by atoms with Crippen LogP contribution in [0.25, 0.3) is 0 Å². The van der Waals surface area contributed by atoms with Crippen molar-refractivity contribution >= 4 is 0 Å². The van der Waals surface area contributed by atoms with Gasteiger partial charge in [0.25, 0.3) is 0 Å². The molecule has 0 radical (unpaired) electrons. The number of benzene rings is 2. The van der Waals surface area contributed by atoms with Crippen molar-refractivity contribution in [3.05, 3.63) is 70.5 Å². The molecule has 106 valence electrons. The molecule has 0 spiro atoms. The average molecular weight is 271 g/mol. The van der Waals surface area contributed by atoms with Gasteiger partial charge in [-0.1, -0.05) is 50.2 Å². The van der Waals surface area contributed by atoms with E-state index in [-0.39, 0.29) is 11.9 Å². The fourth-order valence-corrected chi connectivity index (χ4v) is 2.44. The van der Waals surface area contributed by atoms with Crippen molar-refractivity contribution < 1.29 is 4.39 Å². The number of halogens is 1. The Bertz CT molecular complexity index is 572. The van der Waals surface area contributed by atoms with E-state index in [1.54, 1.807) is 6.07 Å². The predicted molar refractivity (Wildman–Crippen MR) is 82.6 cm³/mol. The third-order valence-corrected chi connectivity index (χ3v) is 3.69. The van der Waals surface area contributed by atoms with Gasteiger partial charge in [0, 0.05) is 5.56 Å². The van der Waals surface area contributed by atoms with Gasteiger partial charge in [-0.25, -0.2) is 4.39 Å². The lowest BCUT2D eigenvalue weighted by atomic mass is 9.94. The molecule has 0 amide bonds. The molecule has 2 aromatic carbocycles. The Hall–Kier alpha value is -1.67. The van der Waals surface area contributed by atoms with Gasteiger partial charge < -0.3 is 5.32 Å². The minimum atomic E-state index is -0.155. The summed E-state index contributed by atoms with van der Waals surface area (Å²) in [6.07, 6.45) is 0. The summed E-state index contributed by atoms with van der Waals surface area (Å²) < 4.78 is 14.1. The molecule has 0 heterocycles. The van der Waals surface area contributed by atoms with E-state index in [1.165, 1.54) is 5.56 Å². The molecule has 0 aliphatic rings. The Morgan fingerprint density at radius 2 is 1.55 bits per heavy atom. The summed E-state index contributed by atoms with van der Waals surface area (Å²) in [6, 6.07) is 13.7. The van der Waals surface area contributed by atoms with Crippen LogP contribution in [0.1, 0.15) is 48.1 Å². The molecule has 2 rings (SSSR count). The van der Waals surface area contributed by atoms with Gasteiger partial charge >= 0.3 is 0 Å². The molecule has 0 aliphatic heterocycles. The monoisotopic (exact) mass is 271 g/mol. The minimum Gasteiger partial charge on any atom is -0.309 e. The largest absolute Gasteiger partial charge is 0.309 e. The highest BCUT2D eigenvalue weighted by atomic mass is 19.1. The fraction of sp³-hybridized carbons (Fsp3) is 0.333. The second-order valence-electron chi connectivity index (χ2n) is 5.57. The van der Waals surface area contributed by atoms with E-state index in [2.05, 4.69) is 43.4 Å². The van der Waals surface area contributed by atoms with Crippen molar-refractivity contribution in [3.8, 4) is 0 Å². The van der Waals surface area contributed by atoms with Gasteiger partial charge in [-0.15, -0.1) is 0 Å². The van der Waals surface area contributed by atoms with Gasteiger partial charge in [-0.2, -0.15) is 0 Å². The topological polar surface area (TPSA) is 12.0 Å². The highest BCUT2D eigenvalue weighted by Gasteiger charge is 2.16. The summed E-state index contributed by atoms with van der Waals surface area (Å²) in [4.78, 5) is 0. The Kier molecular flexibility index (Phi) is 4.56. The van der Waals surface area contributed by atoms with Crippen molar-refractivity contribution in [1.29, 1.82) is 0 Å². The first kappa shape index (κ1) is 14.7. The first-order chi connectivity index (χ1) is 9.52. The third-order valence-electron chi connectivity index (χ3n) is 3.69. The summed E-state index contributed by atoms with van der Waals surface area (Å²) in [5, 5.41) is 3.20. The number of hydrogen-bond donors (Lipinski definition) is 1. The lowest BCUT2D eigenvalue weighted by molar-refractivity contribution is 0.575. The lowest BCUT2D eigenvalue weighted by Crippen LogP contribution is -2.19. The van der Waals surface area contributed by atoms with E-state index >= 15 is 0 Å². The van der Waals surface area contributed by atoms with Gasteiger partial charge in [0.05, 0.1) is 6.04 Å². The molecule has 1 atom stereocenters. The number of rotatable bonds is 4. The normalized spacial score (nSPS) is 12.7. The fourth-order valence-electron chi connectivity index (χ4n) is 2.44. The predicted octanol–water partition coefficient (Wildman–Crippen LogP) is 4.57. The molecule has 0 saturated carbocycles. The van der Waals surface area contributed by atoms with Gasteiger partial charge in [0.1, 0.15) is 5.82 Å². The van der Waals surface area contributed by atoms with Crippen LogP contribution in [0.3, 0.4) is 0 Å². The Morgan fingerprint density at radius 3 is 2.05 bits per heavy atom. The molecule has 0 bridgehead atoms. The maximum atomic E-state index is 14.1. The van der Waals surface area contributed by atoms with Crippen molar-refractivity contribution in [2.75, 3.05) is 7.05 Å². The van der Waals surface area contributed by atoms with Crippen LogP contribution in [0.2, 0.25) is 0 Å². The zero-order chi connectivity index (χ0) is 14.7. The molecule has 0 saturated heterocycles. The molecule has 1 N–H and O–H groups in total. The Balaban J connectivity index is 2.36. The van der Waals surface area contributed by atoms with E-state index in [4.69, 9.17) is 0 Å². The zero-order valence-corrected chi connectivity index (χ0v) is 12.6. The van der Waals surface area contributed by atoms with Crippen molar-refractivity contribution in [2.24, 2.45) is 0 Å².